The SMILES string of the molecule is Cc1[nH]nc(CO)c1S(=O)(=O)NCCC1CCCCC1. The number of aryl methyl sites for hydroxylation is 1. The van der Waals surface area contributed by atoms with Gasteiger partial charge in [0.1, 0.15) is 10.6 Å². The van der Waals surface area contributed by atoms with Gasteiger partial charge in [-0.05, 0) is 19.3 Å². The van der Waals surface area contributed by atoms with Crippen LogP contribution in [-0.2, 0) is 16.6 Å². The van der Waals surface area contributed by atoms with Crippen LogP contribution in [-0.4, -0.2) is 30.3 Å². The van der Waals surface area contributed by atoms with E-state index < -0.39 is 10.0 Å². The van der Waals surface area contributed by atoms with Crippen LogP contribution < -0.4 is 4.72 Å². The normalized spacial score (nSPS) is 17.5. The molecule has 1 saturated carbocycles. The van der Waals surface area contributed by atoms with Crippen molar-refractivity contribution in [1.29, 1.82) is 0 Å². The van der Waals surface area contributed by atoms with E-state index >= 15 is 0 Å². The van der Waals surface area contributed by atoms with Gasteiger partial charge in [-0.3, -0.25) is 5.10 Å². The molecule has 0 unspecified atom stereocenters. The number of hydrogen-bond donors (Lipinski definition) is 3. The molecule has 20 heavy (non-hydrogen) atoms. The molecule has 0 spiro atoms. The van der Waals surface area contributed by atoms with Crippen LogP contribution in [0.15, 0.2) is 4.90 Å². The van der Waals surface area contributed by atoms with Gasteiger partial charge in [0, 0.05) is 6.54 Å². The van der Waals surface area contributed by atoms with Gasteiger partial charge in [-0.2, -0.15) is 5.10 Å². The van der Waals surface area contributed by atoms with E-state index in [1.165, 1.54) is 32.1 Å². The average molecular weight is 301 g/mol. The topological polar surface area (TPSA) is 95.1 Å². The minimum Gasteiger partial charge on any atom is -0.390 e. The smallest absolute Gasteiger partial charge is 0.244 e. The van der Waals surface area contributed by atoms with Crippen LogP contribution >= 0.6 is 0 Å². The second kappa shape index (κ2) is 6.69. The molecule has 1 aromatic rings. The predicted molar refractivity (Wildman–Crippen MR) is 75.6 cm³/mol. The van der Waals surface area contributed by atoms with E-state index in [1.807, 2.05) is 0 Å². The lowest BCUT2D eigenvalue weighted by Crippen LogP contribution is -2.27. The fraction of sp³-hybridized carbons (Fsp3) is 0.769. The molecule has 3 N–H and O–H groups in total. The molecule has 1 heterocycles. The zero-order valence-electron chi connectivity index (χ0n) is 11.9. The second-order valence-corrected chi connectivity index (χ2v) is 7.18. The van der Waals surface area contributed by atoms with Crippen molar-refractivity contribution in [3.8, 4) is 0 Å². The van der Waals surface area contributed by atoms with Gasteiger partial charge in [0.15, 0.2) is 0 Å². The molecule has 1 fully saturated rings. The maximum Gasteiger partial charge on any atom is 0.244 e. The number of aromatic nitrogens is 2. The first kappa shape index (κ1) is 15.5. The lowest BCUT2D eigenvalue weighted by molar-refractivity contribution is 0.273. The van der Waals surface area contributed by atoms with Gasteiger partial charge >= 0.3 is 0 Å². The Bertz CT molecular complexity index is 533. The lowest BCUT2D eigenvalue weighted by atomic mass is 9.87. The highest BCUT2D eigenvalue weighted by Crippen LogP contribution is 2.26. The van der Waals surface area contributed by atoms with Crippen molar-refractivity contribution in [2.75, 3.05) is 6.54 Å². The lowest BCUT2D eigenvalue weighted by Gasteiger charge is -2.21. The Labute approximate surface area is 120 Å². The Morgan fingerprint density at radius 3 is 2.70 bits per heavy atom. The molecular weight excluding hydrogens is 278 g/mol. The molecule has 0 aliphatic heterocycles. The number of nitrogens with one attached hydrogen (secondary N) is 2. The molecule has 1 aliphatic carbocycles. The van der Waals surface area contributed by atoms with E-state index in [0.717, 1.165) is 6.42 Å². The number of hydrogen-bond acceptors (Lipinski definition) is 4. The maximum atomic E-state index is 12.3. The fourth-order valence-electron chi connectivity index (χ4n) is 2.88. The highest BCUT2D eigenvalue weighted by atomic mass is 32.2. The Hall–Kier alpha value is -0.920. The number of sulfonamides is 1. The van der Waals surface area contributed by atoms with Crippen molar-refractivity contribution in [1.82, 2.24) is 14.9 Å². The second-order valence-electron chi connectivity index (χ2n) is 5.47. The van der Waals surface area contributed by atoms with Crippen LogP contribution in [0.1, 0.15) is 49.9 Å². The van der Waals surface area contributed by atoms with E-state index in [-0.39, 0.29) is 17.2 Å². The molecule has 7 heteroatoms. The summed E-state index contributed by atoms with van der Waals surface area (Å²) in [5, 5.41) is 15.6. The quantitative estimate of drug-likeness (QED) is 0.741. The number of rotatable bonds is 6. The van der Waals surface area contributed by atoms with E-state index in [1.54, 1.807) is 6.92 Å². The summed E-state index contributed by atoms with van der Waals surface area (Å²) in [7, 11) is -3.59. The van der Waals surface area contributed by atoms with Gasteiger partial charge in [0.25, 0.3) is 0 Å². The van der Waals surface area contributed by atoms with Crippen LogP contribution in [0.5, 0.6) is 0 Å². The molecule has 114 valence electrons. The number of aliphatic hydroxyl groups is 1. The zero-order valence-corrected chi connectivity index (χ0v) is 12.7. The summed E-state index contributed by atoms with van der Waals surface area (Å²) in [6, 6.07) is 0. The summed E-state index contributed by atoms with van der Waals surface area (Å²) in [5.41, 5.74) is 0.631. The van der Waals surface area contributed by atoms with E-state index in [9.17, 15) is 8.42 Å². The minimum absolute atomic E-state index is 0.0867. The molecule has 0 radical (unpaired) electrons. The number of nitrogens with zero attached hydrogens (tertiary/aromatic N) is 1. The van der Waals surface area contributed by atoms with Gasteiger partial charge in [-0.15, -0.1) is 0 Å². The monoisotopic (exact) mass is 301 g/mol. The Morgan fingerprint density at radius 2 is 2.05 bits per heavy atom. The third kappa shape index (κ3) is 3.59. The van der Waals surface area contributed by atoms with Crippen LogP contribution in [0.2, 0.25) is 0 Å². The third-order valence-electron chi connectivity index (χ3n) is 3.95. The molecule has 0 saturated heterocycles. The van der Waals surface area contributed by atoms with Crippen molar-refractivity contribution >= 4 is 10.0 Å². The first-order valence-corrected chi connectivity index (χ1v) is 8.67. The third-order valence-corrected chi connectivity index (χ3v) is 5.61. The number of aromatic amines is 1. The summed E-state index contributed by atoms with van der Waals surface area (Å²) in [5.74, 6) is 0.634. The first-order valence-electron chi connectivity index (χ1n) is 7.19. The molecule has 1 aromatic heterocycles. The van der Waals surface area contributed by atoms with Gasteiger partial charge in [-0.1, -0.05) is 32.1 Å². The molecule has 0 aromatic carbocycles. The summed E-state index contributed by atoms with van der Waals surface area (Å²) in [6.45, 7) is 1.70. The highest BCUT2D eigenvalue weighted by molar-refractivity contribution is 7.89. The van der Waals surface area contributed by atoms with Gasteiger partial charge < -0.3 is 5.11 Å². The van der Waals surface area contributed by atoms with Gasteiger partial charge in [0.2, 0.25) is 10.0 Å². The van der Waals surface area contributed by atoms with Crippen molar-refractivity contribution < 1.29 is 13.5 Å². The average Bonchev–Trinajstić information content (AvgIpc) is 2.81. The van der Waals surface area contributed by atoms with Crippen molar-refractivity contribution in [2.24, 2.45) is 5.92 Å². The molecule has 1 aliphatic rings. The Morgan fingerprint density at radius 1 is 1.35 bits per heavy atom. The Balaban J connectivity index is 1.95. The van der Waals surface area contributed by atoms with Crippen LogP contribution in [0.3, 0.4) is 0 Å². The fourth-order valence-corrected chi connectivity index (χ4v) is 4.28. The summed E-state index contributed by atoms with van der Waals surface area (Å²) in [4.78, 5) is 0.0867. The molecule has 6 nitrogen and oxygen atoms in total. The highest BCUT2D eigenvalue weighted by Gasteiger charge is 2.24. The first-order chi connectivity index (χ1) is 9.54. The summed E-state index contributed by atoms with van der Waals surface area (Å²) in [6.07, 6.45) is 7.10. The van der Waals surface area contributed by atoms with Crippen LogP contribution in [0.25, 0.3) is 0 Å². The van der Waals surface area contributed by atoms with Gasteiger partial charge in [-0.25, -0.2) is 13.1 Å². The number of H-pyrrole nitrogens is 1. The van der Waals surface area contributed by atoms with Crippen LogP contribution in [0, 0.1) is 12.8 Å². The molecular formula is C13H23N3O3S. The molecule has 0 atom stereocenters. The van der Waals surface area contributed by atoms with Crippen molar-refractivity contribution in [3.05, 3.63) is 11.4 Å². The van der Waals surface area contributed by atoms with E-state index in [0.29, 0.717) is 18.2 Å². The number of aliphatic hydroxyl groups excluding tert-OH is 1. The standard InChI is InChI=1S/C13H23N3O3S/c1-10-13(12(9-17)16-15-10)20(18,19)14-8-7-11-5-3-2-4-6-11/h11,14,17H,2-9H2,1H3,(H,15,16). The van der Waals surface area contributed by atoms with Crippen molar-refractivity contribution in [2.45, 2.75) is 57.0 Å². The minimum atomic E-state index is -3.59. The summed E-state index contributed by atoms with van der Waals surface area (Å²) < 4.78 is 27.1. The van der Waals surface area contributed by atoms with Crippen molar-refractivity contribution in [3.63, 3.8) is 0 Å². The largest absolute Gasteiger partial charge is 0.390 e. The molecule has 0 amide bonds. The summed E-state index contributed by atoms with van der Waals surface area (Å²) >= 11 is 0. The van der Waals surface area contributed by atoms with E-state index in [4.69, 9.17) is 5.11 Å². The van der Waals surface area contributed by atoms with Gasteiger partial charge in [0.05, 0.1) is 12.3 Å². The maximum absolute atomic E-state index is 12.3. The molecule has 0 bridgehead atoms. The molecule has 2 rings (SSSR count). The van der Waals surface area contributed by atoms with Crippen LogP contribution in [0.4, 0.5) is 0 Å². The predicted octanol–water partition coefficient (Wildman–Crippen LogP) is 1.46. The Kier molecular flexibility index (Phi) is 5.17. The zero-order chi connectivity index (χ0) is 14.6. The van der Waals surface area contributed by atoms with E-state index in [2.05, 4.69) is 14.9 Å².